The molecule has 0 bridgehead atoms. The van der Waals surface area contributed by atoms with Gasteiger partial charge in [0.25, 0.3) is 0 Å². The van der Waals surface area contributed by atoms with E-state index < -0.39 is 0 Å². The highest BCUT2D eigenvalue weighted by Crippen LogP contribution is 2.09. The molecule has 1 aliphatic rings. The molecule has 1 aromatic carbocycles. The molecule has 0 spiro atoms. The zero-order chi connectivity index (χ0) is 13.5. The first-order chi connectivity index (χ1) is 9.24. The minimum atomic E-state index is 0.812. The summed E-state index contributed by atoms with van der Waals surface area (Å²) in [5.74, 6) is 0. The van der Waals surface area contributed by atoms with Crippen LogP contribution in [0.4, 0.5) is 0 Å². The molecule has 19 heavy (non-hydrogen) atoms. The van der Waals surface area contributed by atoms with Crippen LogP contribution in [0.5, 0.6) is 0 Å². The van der Waals surface area contributed by atoms with Crippen LogP contribution < -0.4 is 5.32 Å². The van der Waals surface area contributed by atoms with Crippen molar-refractivity contribution in [1.82, 2.24) is 15.1 Å². The molecule has 1 saturated heterocycles. The van der Waals surface area contributed by atoms with Crippen LogP contribution in [0.25, 0.3) is 0 Å². The third-order valence-corrected chi connectivity index (χ3v) is 3.96. The summed E-state index contributed by atoms with van der Waals surface area (Å²) in [6.07, 6.45) is 1.07. The number of piperazine rings is 1. The van der Waals surface area contributed by atoms with Crippen molar-refractivity contribution in [2.75, 3.05) is 52.9 Å². The van der Waals surface area contributed by atoms with Gasteiger partial charge in [-0.3, -0.25) is 4.90 Å². The van der Waals surface area contributed by atoms with Gasteiger partial charge in [0.2, 0.25) is 0 Å². The van der Waals surface area contributed by atoms with E-state index in [9.17, 15) is 0 Å². The summed E-state index contributed by atoms with van der Waals surface area (Å²) in [4.78, 5) is 4.93. The molecule has 0 aliphatic carbocycles. The summed E-state index contributed by atoms with van der Waals surface area (Å²) in [7, 11) is 2.20. The van der Waals surface area contributed by atoms with E-state index in [-0.39, 0.29) is 0 Å². The van der Waals surface area contributed by atoms with Crippen LogP contribution in [-0.2, 0) is 6.42 Å². The Bertz CT molecular complexity index is 358. The van der Waals surface area contributed by atoms with Crippen molar-refractivity contribution in [2.45, 2.75) is 6.42 Å². The highest BCUT2D eigenvalue weighted by Gasteiger charge is 2.12. The van der Waals surface area contributed by atoms with Gasteiger partial charge in [0.15, 0.2) is 0 Å². The number of benzene rings is 1. The van der Waals surface area contributed by atoms with E-state index in [1.54, 1.807) is 0 Å². The van der Waals surface area contributed by atoms with E-state index in [0.717, 1.165) is 31.1 Å². The van der Waals surface area contributed by atoms with Crippen molar-refractivity contribution >= 4 is 11.6 Å². The standard InChI is InChI=1S/C15H24ClN3/c1-18-10-12-19(13-11-18)9-8-17-7-6-14-2-4-15(16)5-3-14/h2-5,17H,6-13H2,1H3. The summed E-state index contributed by atoms with van der Waals surface area (Å²) in [5.41, 5.74) is 1.34. The molecular weight excluding hydrogens is 258 g/mol. The average Bonchev–Trinajstić information content (AvgIpc) is 2.43. The lowest BCUT2D eigenvalue weighted by atomic mass is 10.1. The Morgan fingerprint density at radius 1 is 1.05 bits per heavy atom. The summed E-state index contributed by atoms with van der Waals surface area (Å²) in [6, 6.07) is 8.12. The summed E-state index contributed by atoms with van der Waals surface area (Å²) in [5, 5.41) is 4.33. The molecule has 4 heteroatoms. The molecule has 3 nitrogen and oxygen atoms in total. The first-order valence-electron chi connectivity index (χ1n) is 7.10. The third-order valence-electron chi connectivity index (χ3n) is 3.70. The molecule has 1 heterocycles. The van der Waals surface area contributed by atoms with Gasteiger partial charge in [-0.1, -0.05) is 23.7 Å². The smallest absolute Gasteiger partial charge is 0.0406 e. The molecule has 1 aliphatic heterocycles. The molecule has 0 saturated carbocycles. The van der Waals surface area contributed by atoms with Gasteiger partial charge >= 0.3 is 0 Å². The monoisotopic (exact) mass is 281 g/mol. The topological polar surface area (TPSA) is 18.5 Å². The second-order valence-corrected chi connectivity index (χ2v) is 5.71. The highest BCUT2D eigenvalue weighted by molar-refractivity contribution is 6.30. The molecular formula is C15H24ClN3. The highest BCUT2D eigenvalue weighted by atomic mass is 35.5. The zero-order valence-electron chi connectivity index (χ0n) is 11.7. The molecule has 0 radical (unpaired) electrons. The molecule has 0 amide bonds. The Morgan fingerprint density at radius 3 is 2.42 bits per heavy atom. The van der Waals surface area contributed by atoms with E-state index >= 15 is 0 Å². The Labute approximate surface area is 121 Å². The molecule has 1 aromatic rings. The van der Waals surface area contributed by atoms with Crippen LogP contribution in [0.15, 0.2) is 24.3 Å². The molecule has 1 N–H and O–H groups in total. The molecule has 1 fully saturated rings. The van der Waals surface area contributed by atoms with Crippen LogP contribution in [0.2, 0.25) is 5.02 Å². The zero-order valence-corrected chi connectivity index (χ0v) is 12.5. The van der Waals surface area contributed by atoms with Gasteiger partial charge in [-0.2, -0.15) is 0 Å². The third kappa shape index (κ3) is 5.49. The first-order valence-corrected chi connectivity index (χ1v) is 7.48. The number of nitrogens with zero attached hydrogens (tertiary/aromatic N) is 2. The maximum Gasteiger partial charge on any atom is 0.0406 e. The van der Waals surface area contributed by atoms with E-state index in [1.807, 2.05) is 12.1 Å². The van der Waals surface area contributed by atoms with Gasteiger partial charge in [-0.15, -0.1) is 0 Å². The maximum atomic E-state index is 5.87. The quantitative estimate of drug-likeness (QED) is 0.801. The van der Waals surface area contributed by atoms with Crippen molar-refractivity contribution in [3.63, 3.8) is 0 Å². The molecule has 2 rings (SSSR count). The van der Waals surface area contributed by atoms with Gasteiger partial charge in [-0.05, 0) is 37.7 Å². The SMILES string of the molecule is CN1CCN(CCNCCc2ccc(Cl)cc2)CC1. The number of nitrogens with one attached hydrogen (secondary N) is 1. The second kappa shape index (κ2) is 7.85. The maximum absolute atomic E-state index is 5.87. The number of rotatable bonds is 6. The van der Waals surface area contributed by atoms with Gasteiger partial charge < -0.3 is 10.2 Å². The van der Waals surface area contributed by atoms with Gasteiger partial charge in [0.1, 0.15) is 0 Å². The fourth-order valence-corrected chi connectivity index (χ4v) is 2.44. The normalized spacial score (nSPS) is 17.8. The lowest BCUT2D eigenvalue weighted by Gasteiger charge is -2.32. The van der Waals surface area contributed by atoms with Crippen molar-refractivity contribution < 1.29 is 0 Å². The Morgan fingerprint density at radius 2 is 1.74 bits per heavy atom. The minimum Gasteiger partial charge on any atom is -0.315 e. The predicted octanol–water partition coefficient (Wildman–Crippen LogP) is 1.72. The summed E-state index contributed by atoms with van der Waals surface area (Å²) < 4.78 is 0. The largest absolute Gasteiger partial charge is 0.315 e. The van der Waals surface area contributed by atoms with Gasteiger partial charge in [-0.25, -0.2) is 0 Å². The number of halogens is 1. The minimum absolute atomic E-state index is 0.812. The van der Waals surface area contributed by atoms with Gasteiger partial charge in [0.05, 0.1) is 0 Å². The molecule has 0 atom stereocenters. The molecule has 0 aromatic heterocycles. The predicted molar refractivity (Wildman–Crippen MR) is 82.0 cm³/mol. The van der Waals surface area contributed by atoms with E-state index in [2.05, 4.69) is 34.3 Å². The Hall–Kier alpha value is -0.610. The molecule has 0 unspecified atom stereocenters. The van der Waals surface area contributed by atoms with Gasteiger partial charge in [0, 0.05) is 44.3 Å². The van der Waals surface area contributed by atoms with Crippen molar-refractivity contribution in [2.24, 2.45) is 0 Å². The van der Waals surface area contributed by atoms with Crippen LogP contribution >= 0.6 is 11.6 Å². The van der Waals surface area contributed by atoms with Crippen molar-refractivity contribution in [3.05, 3.63) is 34.9 Å². The Kier molecular flexibility index (Phi) is 6.11. The van der Waals surface area contributed by atoms with Crippen molar-refractivity contribution in [3.8, 4) is 0 Å². The van der Waals surface area contributed by atoms with Crippen LogP contribution in [0.1, 0.15) is 5.56 Å². The van der Waals surface area contributed by atoms with E-state index in [4.69, 9.17) is 11.6 Å². The fraction of sp³-hybridized carbons (Fsp3) is 0.600. The lowest BCUT2D eigenvalue weighted by molar-refractivity contribution is 0.155. The average molecular weight is 282 g/mol. The fourth-order valence-electron chi connectivity index (χ4n) is 2.32. The summed E-state index contributed by atoms with van der Waals surface area (Å²) in [6.45, 7) is 8.08. The summed E-state index contributed by atoms with van der Waals surface area (Å²) >= 11 is 5.87. The van der Waals surface area contributed by atoms with Crippen LogP contribution in [0.3, 0.4) is 0 Å². The van der Waals surface area contributed by atoms with E-state index in [1.165, 1.54) is 31.7 Å². The second-order valence-electron chi connectivity index (χ2n) is 5.27. The van der Waals surface area contributed by atoms with Crippen LogP contribution in [0, 0.1) is 0 Å². The Balaban J connectivity index is 1.53. The van der Waals surface area contributed by atoms with Crippen LogP contribution in [-0.4, -0.2) is 62.7 Å². The number of hydrogen-bond acceptors (Lipinski definition) is 3. The van der Waals surface area contributed by atoms with Crippen molar-refractivity contribution in [1.29, 1.82) is 0 Å². The number of likely N-dealkylation sites (N-methyl/N-ethyl adjacent to an activating group) is 1. The lowest BCUT2D eigenvalue weighted by Crippen LogP contribution is -2.46. The number of hydrogen-bond donors (Lipinski definition) is 1. The van der Waals surface area contributed by atoms with E-state index in [0.29, 0.717) is 0 Å². The first kappa shape index (κ1) is 14.8. The molecule has 106 valence electrons.